The second-order valence-corrected chi connectivity index (χ2v) is 9.91. The zero-order valence-corrected chi connectivity index (χ0v) is 18.5. The Labute approximate surface area is 183 Å². The van der Waals surface area contributed by atoms with Gasteiger partial charge in [-0.15, -0.1) is 0 Å². The number of sulfonamides is 1. The molecular weight excluding hydrogens is 414 g/mol. The van der Waals surface area contributed by atoms with Gasteiger partial charge >= 0.3 is 5.97 Å². The van der Waals surface area contributed by atoms with Crippen molar-refractivity contribution in [1.82, 2.24) is 4.31 Å². The van der Waals surface area contributed by atoms with Crippen LogP contribution in [-0.2, 0) is 30.7 Å². The molecule has 0 saturated carbocycles. The molecule has 0 bridgehead atoms. The second kappa shape index (κ2) is 8.94. The van der Waals surface area contributed by atoms with Crippen LogP contribution in [0.25, 0.3) is 0 Å². The number of ether oxygens (including phenoxy) is 2. The molecule has 2 aliphatic rings. The van der Waals surface area contributed by atoms with Crippen molar-refractivity contribution in [3.05, 3.63) is 77.4 Å². The SMILES string of the molecule is COC(=O)/C=C/[C@H]1O[C@H]1CN(C1CCCc2ccccc21)S(=O)(=O)c1ccc(C)cc1. The lowest BCUT2D eigenvalue weighted by molar-refractivity contribution is -0.134. The molecule has 164 valence electrons. The Hall–Kier alpha value is -2.48. The topological polar surface area (TPSA) is 76.2 Å². The molecule has 1 unspecified atom stereocenters. The summed E-state index contributed by atoms with van der Waals surface area (Å²) in [6, 6.07) is 14.8. The third-order valence-electron chi connectivity index (χ3n) is 5.92. The summed E-state index contributed by atoms with van der Waals surface area (Å²) in [7, 11) is -2.42. The lowest BCUT2D eigenvalue weighted by Gasteiger charge is -2.35. The number of epoxide rings is 1. The van der Waals surface area contributed by atoms with Crippen LogP contribution in [0, 0.1) is 6.92 Å². The Morgan fingerprint density at radius 1 is 1.19 bits per heavy atom. The average Bonchev–Trinajstić information content (AvgIpc) is 3.53. The third-order valence-corrected chi connectivity index (χ3v) is 7.81. The number of hydrogen-bond donors (Lipinski definition) is 0. The highest BCUT2D eigenvalue weighted by Crippen LogP contribution is 2.39. The van der Waals surface area contributed by atoms with Crippen LogP contribution in [0.1, 0.15) is 35.6 Å². The highest BCUT2D eigenvalue weighted by Gasteiger charge is 2.44. The van der Waals surface area contributed by atoms with E-state index in [1.165, 1.54) is 18.7 Å². The zero-order chi connectivity index (χ0) is 22.0. The molecule has 6 nitrogen and oxygen atoms in total. The lowest BCUT2D eigenvalue weighted by Crippen LogP contribution is -2.39. The summed E-state index contributed by atoms with van der Waals surface area (Å²) in [5.41, 5.74) is 3.26. The van der Waals surface area contributed by atoms with Crippen LogP contribution in [-0.4, -0.2) is 44.6 Å². The van der Waals surface area contributed by atoms with Gasteiger partial charge < -0.3 is 9.47 Å². The molecule has 0 radical (unpaired) electrons. The Morgan fingerprint density at radius 2 is 1.94 bits per heavy atom. The van der Waals surface area contributed by atoms with Crippen molar-refractivity contribution in [3.63, 3.8) is 0 Å². The molecule has 7 heteroatoms. The Morgan fingerprint density at radius 3 is 2.68 bits per heavy atom. The summed E-state index contributed by atoms with van der Waals surface area (Å²) < 4.78 is 39.3. The number of rotatable bonds is 7. The van der Waals surface area contributed by atoms with Gasteiger partial charge in [-0.05, 0) is 55.5 Å². The van der Waals surface area contributed by atoms with Gasteiger partial charge in [-0.25, -0.2) is 13.2 Å². The summed E-state index contributed by atoms with van der Waals surface area (Å²) >= 11 is 0. The van der Waals surface area contributed by atoms with Crippen molar-refractivity contribution < 1.29 is 22.7 Å². The van der Waals surface area contributed by atoms with E-state index in [1.807, 2.05) is 37.3 Å². The molecule has 0 amide bonds. The van der Waals surface area contributed by atoms with Crippen LogP contribution in [0.15, 0.2) is 65.6 Å². The highest BCUT2D eigenvalue weighted by atomic mass is 32.2. The van der Waals surface area contributed by atoms with Crippen LogP contribution in [0.2, 0.25) is 0 Å². The fraction of sp³-hybridized carbons (Fsp3) is 0.375. The number of nitrogens with zero attached hydrogens (tertiary/aromatic N) is 1. The maximum Gasteiger partial charge on any atom is 0.330 e. The first-order valence-corrected chi connectivity index (χ1v) is 11.9. The standard InChI is InChI=1S/C24H27NO5S/c1-17-10-12-19(13-11-17)31(27,28)25(16-23-22(30-23)14-15-24(26)29-2)21-9-5-7-18-6-3-4-8-20(18)21/h3-4,6,8,10-15,21-23H,5,7,9,16H2,1-2H3/b15-14+/t21?,22-,23+/m1/s1. The fourth-order valence-corrected chi connectivity index (χ4v) is 5.81. The predicted molar refractivity (Wildman–Crippen MR) is 117 cm³/mol. The number of hydrogen-bond acceptors (Lipinski definition) is 5. The molecule has 2 aromatic rings. The minimum Gasteiger partial charge on any atom is -0.466 e. The van der Waals surface area contributed by atoms with Gasteiger partial charge in [-0.1, -0.05) is 42.0 Å². The first kappa shape index (κ1) is 21.7. The van der Waals surface area contributed by atoms with E-state index in [9.17, 15) is 13.2 Å². The number of aryl methyl sites for hydroxylation is 2. The third kappa shape index (κ3) is 4.74. The van der Waals surface area contributed by atoms with Crippen molar-refractivity contribution in [2.75, 3.05) is 13.7 Å². The average molecular weight is 442 g/mol. The molecule has 3 atom stereocenters. The second-order valence-electron chi connectivity index (χ2n) is 8.02. The lowest BCUT2D eigenvalue weighted by atomic mass is 9.87. The summed E-state index contributed by atoms with van der Waals surface area (Å²) in [6.07, 6.45) is 5.00. The van der Waals surface area contributed by atoms with Crippen LogP contribution < -0.4 is 0 Å². The van der Waals surface area contributed by atoms with E-state index in [1.54, 1.807) is 22.5 Å². The summed E-state index contributed by atoms with van der Waals surface area (Å²) in [6.45, 7) is 2.16. The molecule has 0 aromatic heterocycles. The van der Waals surface area contributed by atoms with Gasteiger partial charge in [-0.2, -0.15) is 4.31 Å². The molecule has 1 saturated heterocycles. The van der Waals surface area contributed by atoms with E-state index < -0.39 is 16.0 Å². The Bertz CT molecular complexity index is 1080. The van der Waals surface area contributed by atoms with Crippen LogP contribution in [0.5, 0.6) is 0 Å². The first-order valence-electron chi connectivity index (χ1n) is 10.5. The van der Waals surface area contributed by atoms with Crippen molar-refractivity contribution in [3.8, 4) is 0 Å². The van der Waals surface area contributed by atoms with Crippen LogP contribution in [0.3, 0.4) is 0 Å². The summed E-state index contributed by atoms with van der Waals surface area (Å²) in [4.78, 5) is 11.6. The summed E-state index contributed by atoms with van der Waals surface area (Å²) in [5, 5.41) is 0. The highest BCUT2D eigenvalue weighted by molar-refractivity contribution is 7.89. The monoisotopic (exact) mass is 441 g/mol. The quantitative estimate of drug-likeness (QED) is 0.373. The van der Waals surface area contributed by atoms with Gasteiger partial charge in [0.25, 0.3) is 0 Å². The largest absolute Gasteiger partial charge is 0.466 e. The molecular formula is C24H27NO5S. The first-order chi connectivity index (χ1) is 14.9. The number of benzene rings is 2. The Kier molecular flexibility index (Phi) is 6.27. The number of fused-ring (bicyclic) bond motifs is 1. The molecule has 1 aliphatic heterocycles. The van der Waals surface area contributed by atoms with Gasteiger partial charge in [0.05, 0.1) is 18.0 Å². The smallest absolute Gasteiger partial charge is 0.330 e. The zero-order valence-electron chi connectivity index (χ0n) is 17.7. The molecule has 31 heavy (non-hydrogen) atoms. The van der Waals surface area contributed by atoms with E-state index >= 15 is 0 Å². The molecule has 4 rings (SSSR count). The number of methoxy groups -OCH3 is 1. The van der Waals surface area contributed by atoms with Crippen molar-refractivity contribution in [2.45, 2.75) is 49.3 Å². The maximum atomic E-state index is 13.7. The maximum absolute atomic E-state index is 13.7. The van der Waals surface area contributed by atoms with Crippen LogP contribution in [0.4, 0.5) is 0 Å². The molecule has 0 N–H and O–H groups in total. The molecule has 1 fully saturated rings. The van der Waals surface area contributed by atoms with E-state index in [2.05, 4.69) is 10.8 Å². The molecule has 0 spiro atoms. The van der Waals surface area contributed by atoms with E-state index in [4.69, 9.17) is 4.74 Å². The number of carbonyl (C=O) groups excluding carboxylic acids is 1. The number of carbonyl (C=O) groups is 1. The molecule has 1 heterocycles. The Balaban J connectivity index is 1.65. The molecule has 1 aliphatic carbocycles. The minimum atomic E-state index is -3.74. The van der Waals surface area contributed by atoms with Crippen molar-refractivity contribution >= 4 is 16.0 Å². The number of esters is 1. The van der Waals surface area contributed by atoms with Crippen molar-refractivity contribution in [2.24, 2.45) is 0 Å². The van der Waals surface area contributed by atoms with Gasteiger partial charge in [-0.3, -0.25) is 0 Å². The fourth-order valence-electron chi connectivity index (χ4n) is 4.16. The van der Waals surface area contributed by atoms with Gasteiger partial charge in [0.1, 0.15) is 12.2 Å². The van der Waals surface area contributed by atoms with E-state index in [-0.39, 0.29) is 29.7 Å². The minimum absolute atomic E-state index is 0.228. The summed E-state index contributed by atoms with van der Waals surface area (Å²) in [5.74, 6) is -0.459. The normalized spacial score (nSPS) is 23.0. The van der Waals surface area contributed by atoms with Crippen LogP contribution >= 0.6 is 0 Å². The molecule has 2 aromatic carbocycles. The van der Waals surface area contributed by atoms with Crippen molar-refractivity contribution in [1.29, 1.82) is 0 Å². The van der Waals surface area contributed by atoms with Gasteiger partial charge in [0.15, 0.2) is 0 Å². The van der Waals surface area contributed by atoms with E-state index in [0.717, 1.165) is 30.4 Å². The predicted octanol–water partition coefficient (Wildman–Crippen LogP) is 3.56. The van der Waals surface area contributed by atoms with Gasteiger partial charge in [0.2, 0.25) is 10.0 Å². The van der Waals surface area contributed by atoms with E-state index in [0.29, 0.717) is 0 Å². The van der Waals surface area contributed by atoms with Gasteiger partial charge in [0, 0.05) is 12.6 Å².